The zero-order chi connectivity index (χ0) is 20.7. The maximum absolute atomic E-state index is 12.8. The molecule has 0 atom stereocenters. The van der Waals surface area contributed by atoms with Crippen molar-refractivity contribution in [3.8, 4) is 0 Å². The van der Waals surface area contributed by atoms with Crippen LogP contribution in [0.25, 0.3) is 0 Å². The van der Waals surface area contributed by atoms with E-state index in [9.17, 15) is 28.9 Å². The molecule has 10 heteroatoms. The number of carbonyl (C=O) groups excluding carboxylic acids is 3. The second kappa shape index (κ2) is 9.56. The van der Waals surface area contributed by atoms with E-state index in [1.54, 1.807) is 0 Å². The predicted molar refractivity (Wildman–Crippen MR) is 97.7 cm³/mol. The SMILES string of the molecule is O=C(COC(=O)CCC(=O)c1ccc(F)cc1)Nc1cc(Cl)ccc1[N+](=O)[O-]. The number of nitro groups is 1. The first-order valence-electron chi connectivity index (χ1n) is 7.94. The second-order valence-electron chi connectivity index (χ2n) is 5.56. The zero-order valence-electron chi connectivity index (χ0n) is 14.3. The number of benzene rings is 2. The molecule has 0 aliphatic heterocycles. The Labute approximate surface area is 163 Å². The van der Waals surface area contributed by atoms with E-state index in [0.717, 1.165) is 18.2 Å². The van der Waals surface area contributed by atoms with E-state index in [2.05, 4.69) is 5.32 Å². The molecule has 2 aromatic rings. The molecule has 0 bridgehead atoms. The van der Waals surface area contributed by atoms with Gasteiger partial charge < -0.3 is 10.1 Å². The Bertz CT molecular complexity index is 917. The minimum atomic E-state index is -0.802. The Morgan fingerprint density at radius 2 is 1.79 bits per heavy atom. The molecule has 0 aromatic heterocycles. The van der Waals surface area contributed by atoms with Gasteiger partial charge in [0.05, 0.1) is 11.3 Å². The van der Waals surface area contributed by atoms with Gasteiger partial charge in [-0.05, 0) is 36.4 Å². The van der Waals surface area contributed by atoms with Crippen LogP contribution in [0.1, 0.15) is 23.2 Å². The van der Waals surface area contributed by atoms with Gasteiger partial charge in [-0.1, -0.05) is 11.6 Å². The number of hydrogen-bond acceptors (Lipinski definition) is 6. The van der Waals surface area contributed by atoms with Crippen LogP contribution in [0.5, 0.6) is 0 Å². The first-order valence-corrected chi connectivity index (χ1v) is 8.32. The molecule has 1 amide bonds. The van der Waals surface area contributed by atoms with Crippen LogP contribution in [0.4, 0.5) is 15.8 Å². The highest BCUT2D eigenvalue weighted by molar-refractivity contribution is 6.31. The highest BCUT2D eigenvalue weighted by Gasteiger charge is 2.17. The number of esters is 1. The van der Waals surface area contributed by atoms with Crippen molar-refractivity contribution in [3.63, 3.8) is 0 Å². The standard InChI is InChI=1S/C18H14ClFN2O6/c19-12-3-6-15(22(26)27)14(9-12)21-17(24)10-28-18(25)8-7-16(23)11-1-4-13(20)5-2-11/h1-6,9H,7-8,10H2,(H,21,24). The van der Waals surface area contributed by atoms with Gasteiger partial charge in [-0.15, -0.1) is 0 Å². The molecule has 1 N–H and O–H groups in total. The number of halogens is 2. The molecule has 8 nitrogen and oxygen atoms in total. The van der Waals surface area contributed by atoms with E-state index in [-0.39, 0.29) is 40.6 Å². The quantitative estimate of drug-likeness (QED) is 0.309. The molecule has 146 valence electrons. The predicted octanol–water partition coefficient (Wildman–Crippen LogP) is 3.53. The number of ketones is 1. The minimum absolute atomic E-state index is 0.134. The van der Waals surface area contributed by atoms with Crippen LogP contribution in [0.15, 0.2) is 42.5 Å². The van der Waals surface area contributed by atoms with E-state index in [1.165, 1.54) is 24.3 Å². The largest absolute Gasteiger partial charge is 0.456 e. The number of hydrogen-bond donors (Lipinski definition) is 1. The Hall–Kier alpha value is -3.33. The number of amides is 1. The molecule has 0 heterocycles. The fraction of sp³-hybridized carbons (Fsp3) is 0.167. The highest BCUT2D eigenvalue weighted by Crippen LogP contribution is 2.27. The lowest BCUT2D eigenvalue weighted by Gasteiger charge is -2.07. The molecule has 0 radical (unpaired) electrons. The average Bonchev–Trinajstić information content (AvgIpc) is 2.64. The van der Waals surface area contributed by atoms with Gasteiger partial charge in [-0.2, -0.15) is 0 Å². The number of ether oxygens (including phenoxy) is 1. The van der Waals surface area contributed by atoms with E-state index in [1.807, 2.05) is 0 Å². The monoisotopic (exact) mass is 408 g/mol. The third kappa shape index (κ3) is 6.13. The van der Waals surface area contributed by atoms with Crippen molar-refractivity contribution in [2.24, 2.45) is 0 Å². The highest BCUT2D eigenvalue weighted by atomic mass is 35.5. The van der Waals surface area contributed by atoms with E-state index in [0.29, 0.717) is 0 Å². The summed E-state index contributed by atoms with van der Waals surface area (Å²) in [5, 5.41) is 13.4. The van der Waals surface area contributed by atoms with Gasteiger partial charge in [-0.3, -0.25) is 24.5 Å². The van der Waals surface area contributed by atoms with Crippen molar-refractivity contribution >= 4 is 40.6 Å². The lowest BCUT2D eigenvalue weighted by atomic mass is 10.1. The second-order valence-corrected chi connectivity index (χ2v) is 5.99. The van der Waals surface area contributed by atoms with E-state index < -0.39 is 29.2 Å². The number of Topliss-reactive ketones (excluding diaryl/α,β-unsaturated/α-hetero) is 1. The summed E-state index contributed by atoms with van der Waals surface area (Å²) in [7, 11) is 0. The number of carbonyl (C=O) groups is 3. The van der Waals surface area contributed by atoms with Gasteiger partial charge in [0.25, 0.3) is 11.6 Å². The van der Waals surface area contributed by atoms with Crippen LogP contribution >= 0.6 is 11.6 Å². The first kappa shape index (κ1) is 21.0. The molecule has 2 rings (SSSR count). The average molecular weight is 409 g/mol. The summed E-state index contributed by atoms with van der Waals surface area (Å²) in [6, 6.07) is 8.48. The Morgan fingerprint density at radius 1 is 1.11 bits per heavy atom. The Balaban J connectivity index is 1.82. The third-order valence-corrected chi connectivity index (χ3v) is 3.75. The summed E-state index contributed by atoms with van der Waals surface area (Å²) in [6.45, 7) is -0.687. The summed E-state index contributed by atoms with van der Waals surface area (Å²) in [6.07, 6.45) is -0.452. The molecule has 0 aliphatic rings. The third-order valence-electron chi connectivity index (χ3n) is 3.52. The molecule has 0 saturated heterocycles. The first-order chi connectivity index (χ1) is 13.3. The topological polar surface area (TPSA) is 116 Å². The summed E-state index contributed by atoms with van der Waals surface area (Å²) >= 11 is 5.75. The fourth-order valence-electron chi connectivity index (χ4n) is 2.17. The van der Waals surface area contributed by atoms with Gasteiger partial charge in [0.15, 0.2) is 12.4 Å². The summed E-state index contributed by atoms with van der Waals surface area (Å²) < 4.78 is 17.6. The van der Waals surface area contributed by atoms with Crippen molar-refractivity contribution in [1.29, 1.82) is 0 Å². The molecule has 28 heavy (non-hydrogen) atoms. The minimum Gasteiger partial charge on any atom is -0.456 e. The number of nitro benzene ring substituents is 1. The van der Waals surface area contributed by atoms with Crippen molar-refractivity contribution in [3.05, 3.63) is 69.0 Å². The van der Waals surface area contributed by atoms with Crippen LogP contribution in [0.2, 0.25) is 5.02 Å². The molecule has 0 aliphatic carbocycles. The van der Waals surface area contributed by atoms with E-state index in [4.69, 9.17) is 16.3 Å². The van der Waals surface area contributed by atoms with Crippen molar-refractivity contribution in [2.45, 2.75) is 12.8 Å². The molecule has 0 fully saturated rings. The maximum Gasteiger partial charge on any atom is 0.306 e. The number of nitrogens with one attached hydrogen (secondary N) is 1. The van der Waals surface area contributed by atoms with Crippen molar-refractivity contribution in [1.82, 2.24) is 0 Å². The van der Waals surface area contributed by atoms with Crippen molar-refractivity contribution < 1.29 is 28.4 Å². The van der Waals surface area contributed by atoms with Gasteiger partial charge >= 0.3 is 5.97 Å². The summed E-state index contributed by atoms with van der Waals surface area (Å²) in [4.78, 5) is 45.6. The molecule has 0 spiro atoms. The summed E-state index contributed by atoms with van der Waals surface area (Å²) in [5.74, 6) is -2.47. The van der Waals surface area contributed by atoms with Crippen LogP contribution in [-0.2, 0) is 14.3 Å². The molecular formula is C18H14ClFN2O6. The fourth-order valence-corrected chi connectivity index (χ4v) is 2.34. The smallest absolute Gasteiger partial charge is 0.306 e. The Kier molecular flexibility index (Phi) is 7.16. The maximum atomic E-state index is 12.8. The lowest BCUT2D eigenvalue weighted by molar-refractivity contribution is -0.383. The van der Waals surface area contributed by atoms with Gasteiger partial charge in [-0.25, -0.2) is 4.39 Å². The van der Waals surface area contributed by atoms with Gasteiger partial charge in [0, 0.05) is 23.1 Å². The number of anilines is 1. The van der Waals surface area contributed by atoms with Crippen LogP contribution in [-0.4, -0.2) is 29.2 Å². The number of rotatable bonds is 8. The summed E-state index contributed by atoms with van der Waals surface area (Å²) in [5.41, 5.74) is -0.251. The van der Waals surface area contributed by atoms with Crippen molar-refractivity contribution in [2.75, 3.05) is 11.9 Å². The van der Waals surface area contributed by atoms with Crippen LogP contribution < -0.4 is 5.32 Å². The molecular weight excluding hydrogens is 395 g/mol. The molecule has 0 saturated carbocycles. The van der Waals surface area contributed by atoms with Crippen LogP contribution in [0.3, 0.4) is 0 Å². The van der Waals surface area contributed by atoms with Gasteiger partial charge in [0.2, 0.25) is 0 Å². The lowest BCUT2D eigenvalue weighted by Crippen LogP contribution is -2.21. The van der Waals surface area contributed by atoms with Crippen LogP contribution in [0, 0.1) is 15.9 Å². The number of nitrogens with zero attached hydrogens (tertiary/aromatic N) is 1. The van der Waals surface area contributed by atoms with Gasteiger partial charge in [0.1, 0.15) is 11.5 Å². The van der Waals surface area contributed by atoms with E-state index >= 15 is 0 Å². The normalized spacial score (nSPS) is 10.2. The Morgan fingerprint density at radius 3 is 2.43 bits per heavy atom. The molecule has 2 aromatic carbocycles. The molecule has 0 unspecified atom stereocenters. The zero-order valence-corrected chi connectivity index (χ0v) is 15.1.